The Bertz CT molecular complexity index is 1020. The number of carbonyl (C=O) groups is 1. The van der Waals surface area contributed by atoms with Crippen LogP contribution in [0.3, 0.4) is 0 Å². The molecule has 0 spiro atoms. The fraction of sp³-hybridized carbons (Fsp3) is 0.316. The van der Waals surface area contributed by atoms with Gasteiger partial charge in [0, 0.05) is 0 Å². The van der Waals surface area contributed by atoms with E-state index in [0.717, 1.165) is 16.7 Å². The largest absolute Gasteiger partial charge is 0.462 e. The summed E-state index contributed by atoms with van der Waals surface area (Å²) in [7, 11) is 0. The summed E-state index contributed by atoms with van der Waals surface area (Å²) in [4.78, 5) is 30.4. The van der Waals surface area contributed by atoms with Gasteiger partial charge in [-0.2, -0.15) is 0 Å². The van der Waals surface area contributed by atoms with E-state index < -0.39 is 5.97 Å². The highest BCUT2D eigenvalue weighted by Crippen LogP contribution is 2.27. The minimum absolute atomic E-state index is 0.129. The van der Waals surface area contributed by atoms with Crippen LogP contribution < -0.4 is 5.56 Å². The first-order valence-electron chi connectivity index (χ1n) is 8.14. The molecule has 0 bridgehead atoms. The number of hydrogen-bond donors (Lipinski definition) is 0. The highest BCUT2D eigenvalue weighted by molar-refractivity contribution is 7.20. The van der Waals surface area contributed by atoms with Gasteiger partial charge in [-0.05, 0) is 44.4 Å². The van der Waals surface area contributed by atoms with Crippen LogP contribution in [0.2, 0.25) is 0 Å². The van der Waals surface area contributed by atoms with Gasteiger partial charge in [0.05, 0.1) is 24.9 Å². The average molecular weight is 356 g/mol. The lowest BCUT2D eigenvalue weighted by Crippen LogP contribution is -2.21. The average Bonchev–Trinajstić information content (AvgIpc) is 2.91. The van der Waals surface area contributed by atoms with Crippen LogP contribution in [0.15, 0.2) is 29.3 Å². The van der Waals surface area contributed by atoms with E-state index in [2.05, 4.69) is 23.2 Å². The molecule has 5 nitrogen and oxygen atoms in total. The van der Waals surface area contributed by atoms with E-state index >= 15 is 0 Å². The maximum absolute atomic E-state index is 12.9. The number of thiophene rings is 1. The standard InChI is InChI=1S/C19H20N2O3S/c1-5-24-19(23)16-13(4)15-17(25-16)20-10-21(18(15)22)9-14-8-11(2)6-7-12(14)3/h6-8,10H,5,9H2,1-4H3. The molecule has 3 aromatic rings. The minimum Gasteiger partial charge on any atom is -0.462 e. The smallest absolute Gasteiger partial charge is 0.348 e. The SMILES string of the molecule is CCOC(=O)c1sc2ncn(Cc3cc(C)ccc3C)c(=O)c2c1C. The van der Waals surface area contributed by atoms with Crippen LogP contribution in [-0.4, -0.2) is 22.1 Å². The summed E-state index contributed by atoms with van der Waals surface area (Å²) in [5.74, 6) is -0.400. The zero-order valence-electron chi connectivity index (χ0n) is 14.8. The van der Waals surface area contributed by atoms with Gasteiger partial charge in [-0.3, -0.25) is 9.36 Å². The maximum atomic E-state index is 12.9. The minimum atomic E-state index is -0.400. The van der Waals surface area contributed by atoms with Gasteiger partial charge in [0.15, 0.2) is 0 Å². The Morgan fingerprint density at radius 3 is 2.76 bits per heavy atom. The molecule has 0 unspecified atom stereocenters. The number of aryl methyl sites for hydroxylation is 3. The van der Waals surface area contributed by atoms with Crippen molar-refractivity contribution < 1.29 is 9.53 Å². The maximum Gasteiger partial charge on any atom is 0.348 e. The highest BCUT2D eigenvalue weighted by atomic mass is 32.1. The quantitative estimate of drug-likeness (QED) is 0.670. The molecule has 0 saturated heterocycles. The molecule has 0 saturated carbocycles. The van der Waals surface area contributed by atoms with Gasteiger partial charge in [-0.15, -0.1) is 11.3 Å². The molecule has 0 radical (unpaired) electrons. The number of carbonyl (C=O) groups excluding carboxylic acids is 1. The lowest BCUT2D eigenvalue weighted by molar-refractivity contribution is 0.0531. The van der Waals surface area contributed by atoms with Gasteiger partial charge in [0.2, 0.25) is 0 Å². The predicted octanol–water partition coefficient (Wildman–Crippen LogP) is 3.61. The molecule has 2 aromatic heterocycles. The molecule has 0 fully saturated rings. The molecule has 2 heterocycles. The molecular formula is C19H20N2O3S. The van der Waals surface area contributed by atoms with E-state index in [1.54, 1.807) is 24.7 Å². The summed E-state index contributed by atoms with van der Waals surface area (Å²) < 4.78 is 6.66. The fourth-order valence-corrected chi connectivity index (χ4v) is 3.85. The van der Waals surface area contributed by atoms with Crippen molar-refractivity contribution in [1.29, 1.82) is 0 Å². The number of aromatic nitrogens is 2. The Labute approximate surface area is 149 Å². The lowest BCUT2D eigenvalue weighted by atomic mass is 10.1. The number of nitrogens with zero attached hydrogens (tertiary/aromatic N) is 2. The Hall–Kier alpha value is -2.47. The Morgan fingerprint density at radius 1 is 1.28 bits per heavy atom. The van der Waals surface area contributed by atoms with E-state index in [1.807, 2.05) is 13.8 Å². The molecule has 6 heteroatoms. The summed E-state index contributed by atoms with van der Waals surface area (Å²) in [6.07, 6.45) is 1.55. The topological polar surface area (TPSA) is 61.2 Å². The van der Waals surface area contributed by atoms with E-state index in [-0.39, 0.29) is 5.56 Å². The van der Waals surface area contributed by atoms with Crippen LogP contribution >= 0.6 is 11.3 Å². The van der Waals surface area contributed by atoms with Crippen molar-refractivity contribution >= 4 is 27.5 Å². The second-order valence-corrected chi connectivity index (χ2v) is 7.06. The van der Waals surface area contributed by atoms with Crippen LogP contribution in [0, 0.1) is 20.8 Å². The van der Waals surface area contributed by atoms with Crippen molar-refractivity contribution in [2.45, 2.75) is 34.2 Å². The van der Waals surface area contributed by atoms with E-state index in [9.17, 15) is 9.59 Å². The summed E-state index contributed by atoms with van der Waals surface area (Å²) in [6.45, 7) is 8.35. The van der Waals surface area contributed by atoms with Crippen molar-refractivity contribution in [3.63, 3.8) is 0 Å². The number of fused-ring (bicyclic) bond motifs is 1. The zero-order chi connectivity index (χ0) is 18.1. The molecule has 25 heavy (non-hydrogen) atoms. The monoisotopic (exact) mass is 356 g/mol. The molecule has 0 atom stereocenters. The van der Waals surface area contributed by atoms with E-state index in [0.29, 0.717) is 33.8 Å². The van der Waals surface area contributed by atoms with Crippen molar-refractivity contribution in [3.8, 4) is 0 Å². The number of benzene rings is 1. The Balaban J connectivity index is 2.08. The molecule has 0 N–H and O–H groups in total. The number of rotatable bonds is 4. The third-order valence-corrected chi connectivity index (χ3v) is 5.40. The van der Waals surface area contributed by atoms with Crippen molar-refractivity contribution in [3.05, 3.63) is 62.0 Å². The third-order valence-electron chi connectivity index (χ3n) is 4.22. The first-order valence-corrected chi connectivity index (χ1v) is 8.95. The van der Waals surface area contributed by atoms with Gasteiger partial charge in [-0.1, -0.05) is 23.8 Å². The fourth-order valence-electron chi connectivity index (χ4n) is 2.82. The van der Waals surface area contributed by atoms with E-state index in [4.69, 9.17) is 4.74 Å². The first-order chi connectivity index (χ1) is 11.9. The number of hydrogen-bond acceptors (Lipinski definition) is 5. The van der Waals surface area contributed by atoms with Gasteiger partial charge < -0.3 is 4.74 Å². The van der Waals surface area contributed by atoms with Gasteiger partial charge >= 0.3 is 5.97 Å². The van der Waals surface area contributed by atoms with Crippen LogP contribution in [0.1, 0.15) is 38.8 Å². The first kappa shape index (κ1) is 17.4. The molecule has 0 amide bonds. The van der Waals surface area contributed by atoms with Crippen LogP contribution in [0.5, 0.6) is 0 Å². The van der Waals surface area contributed by atoms with Crippen LogP contribution in [-0.2, 0) is 11.3 Å². The molecule has 0 aliphatic heterocycles. The van der Waals surface area contributed by atoms with Crippen LogP contribution in [0.25, 0.3) is 10.2 Å². The molecular weight excluding hydrogens is 336 g/mol. The molecule has 0 aliphatic rings. The number of ether oxygens (including phenoxy) is 1. The summed E-state index contributed by atoms with van der Waals surface area (Å²) >= 11 is 1.21. The summed E-state index contributed by atoms with van der Waals surface area (Å²) in [6, 6.07) is 6.19. The third kappa shape index (κ3) is 3.22. The van der Waals surface area contributed by atoms with Gasteiger partial charge in [0.1, 0.15) is 9.71 Å². The second kappa shape index (κ2) is 6.80. The molecule has 1 aromatic carbocycles. The highest BCUT2D eigenvalue weighted by Gasteiger charge is 2.20. The zero-order valence-corrected chi connectivity index (χ0v) is 15.6. The Morgan fingerprint density at radius 2 is 2.04 bits per heavy atom. The predicted molar refractivity (Wildman–Crippen MR) is 99.6 cm³/mol. The van der Waals surface area contributed by atoms with Crippen molar-refractivity contribution in [2.24, 2.45) is 0 Å². The Kier molecular flexibility index (Phi) is 4.72. The number of esters is 1. The molecule has 130 valence electrons. The van der Waals surface area contributed by atoms with Crippen molar-refractivity contribution in [2.75, 3.05) is 6.61 Å². The van der Waals surface area contributed by atoms with Crippen molar-refractivity contribution in [1.82, 2.24) is 9.55 Å². The summed E-state index contributed by atoms with van der Waals surface area (Å²) in [5, 5.41) is 0.501. The van der Waals surface area contributed by atoms with E-state index in [1.165, 1.54) is 11.3 Å². The van der Waals surface area contributed by atoms with Gasteiger partial charge in [0.25, 0.3) is 5.56 Å². The lowest BCUT2D eigenvalue weighted by Gasteiger charge is -2.09. The molecule has 3 rings (SSSR count). The normalized spacial score (nSPS) is 11.0. The summed E-state index contributed by atoms with van der Waals surface area (Å²) in [5.41, 5.74) is 3.88. The van der Waals surface area contributed by atoms with Crippen LogP contribution in [0.4, 0.5) is 0 Å². The van der Waals surface area contributed by atoms with Gasteiger partial charge in [-0.25, -0.2) is 9.78 Å². The second-order valence-electron chi connectivity index (χ2n) is 6.06. The molecule has 0 aliphatic carbocycles.